The van der Waals surface area contributed by atoms with Crippen molar-refractivity contribution in [2.24, 2.45) is 5.92 Å². The predicted octanol–water partition coefficient (Wildman–Crippen LogP) is 5.38. The van der Waals surface area contributed by atoms with E-state index in [1.165, 1.54) is 0 Å². The maximum absolute atomic E-state index is 12.4. The average Bonchev–Trinajstić information content (AvgIpc) is 3.06. The second kappa shape index (κ2) is 7.48. The van der Waals surface area contributed by atoms with Crippen LogP contribution in [0.4, 0.5) is 5.69 Å². The number of halogens is 1. The summed E-state index contributed by atoms with van der Waals surface area (Å²) in [5.41, 5.74) is 2.41. The van der Waals surface area contributed by atoms with Crippen LogP contribution in [0.15, 0.2) is 41.8 Å². The van der Waals surface area contributed by atoms with Gasteiger partial charge in [0.05, 0.1) is 10.7 Å². The summed E-state index contributed by atoms with van der Waals surface area (Å²) in [7, 11) is 0. The lowest BCUT2D eigenvalue weighted by Crippen LogP contribution is -2.22. The molecule has 2 aromatic carbocycles. The quantitative estimate of drug-likeness (QED) is 0.617. The van der Waals surface area contributed by atoms with Crippen molar-refractivity contribution in [1.82, 2.24) is 0 Å². The van der Waals surface area contributed by atoms with Crippen LogP contribution in [0.1, 0.15) is 27.7 Å². The molecule has 0 aliphatic carbocycles. The third-order valence-corrected chi connectivity index (χ3v) is 5.72. The van der Waals surface area contributed by atoms with Crippen molar-refractivity contribution < 1.29 is 14.7 Å². The maximum Gasteiger partial charge on any atom is 0.348 e. The third-order valence-electron chi connectivity index (χ3n) is 4.32. The fraction of sp³-hybridized carbons (Fsp3) is 0.200. The molecule has 0 radical (unpaired) electrons. The molecule has 4 nitrogen and oxygen atoms in total. The molecule has 3 aromatic rings. The number of hydrogen-bond acceptors (Lipinski definition) is 3. The molecule has 26 heavy (non-hydrogen) atoms. The molecule has 0 spiro atoms. The first-order chi connectivity index (χ1) is 12.4. The lowest BCUT2D eigenvalue weighted by Gasteiger charge is -2.13. The lowest BCUT2D eigenvalue weighted by atomic mass is 9.97. The van der Waals surface area contributed by atoms with Crippen molar-refractivity contribution in [3.63, 3.8) is 0 Å². The largest absolute Gasteiger partial charge is 0.477 e. The highest BCUT2D eigenvalue weighted by Gasteiger charge is 2.18. The van der Waals surface area contributed by atoms with E-state index in [1.807, 2.05) is 44.2 Å². The Bertz CT molecular complexity index is 996. The van der Waals surface area contributed by atoms with Crippen LogP contribution in [0.25, 0.3) is 10.8 Å². The minimum atomic E-state index is -1.04. The van der Waals surface area contributed by atoms with E-state index in [4.69, 9.17) is 16.7 Å². The summed E-state index contributed by atoms with van der Waals surface area (Å²) in [4.78, 5) is 23.7. The summed E-state index contributed by atoms with van der Waals surface area (Å²) in [6.45, 7) is 3.80. The summed E-state index contributed by atoms with van der Waals surface area (Å²) in [5.74, 6) is -1.53. The highest BCUT2D eigenvalue weighted by atomic mass is 35.5. The Hall–Kier alpha value is -2.37. The van der Waals surface area contributed by atoms with Gasteiger partial charge in [0.1, 0.15) is 4.88 Å². The summed E-state index contributed by atoms with van der Waals surface area (Å²) in [5, 5.41) is 16.3. The van der Waals surface area contributed by atoms with Crippen LogP contribution in [0.2, 0.25) is 5.02 Å². The number of anilines is 1. The van der Waals surface area contributed by atoms with Crippen LogP contribution in [0.5, 0.6) is 0 Å². The van der Waals surface area contributed by atoms with Gasteiger partial charge in [0, 0.05) is 11.3 Å². The first-order valence-corrected chi connectivity index (χ1v) is 9.42. The Balaban J connectivity index is 1.74. The van der Waals surface area contributed by atoms with Crippen LogP contribution in [-0.2, 0) is 11.2 Å². The second-order valence-corrected chi connectivity index (χ2v) is 7.61. The van der Waals surface area contributed by atoms with Gasteiger partial charge in [-0.3, -0.25) is 4.79 Å². The normalized spacial score (nSPS) is 12.1. The van der Waals surface area contributed by atoms with Crippen molar-refractivity contribution in [2.45, 2.75) is 20.3 Å². The van der Waals surface area contributed by atoms with E-state index in [-0.39, 0.29) is 16.7 Å². The number of carbonyl (C=O) groups is 2. The van der Waals surface area contributed by atoms with Gasteiger partial charge in [0.15, 0.2) is 0 Å². The standard InChI is InChI=1S/C20H18ClNO3S/c1-11-3-5-14-10-13(4-6-15(14)17(11)21)9-12(2)19(23)22-16-7-8-26-18(16)20(24)25/h3-8,10,12H,9H2,1-2H3,(H,22,23)(H,24,25). The highest BCUT2D eigenvalue weighted by molar-refractivity contribution is 7.12. The highest BCUT2D eigenvalue weighted by Crippen LogP contribution is 2.28. The number of aromatic carboxylic acids is 1. The van der Waals surface area contributed by atoms with E-state index in [1.54, 1.807) is 11.4 Å². The molecule has 1 atom stereocenters. The van der Waals surface area contributed by atoms with E-state index in [9.17, 15) is 9.59 Å². The smallest absolute Gasteiger partial charge is 0.348 e. The molecule has 0 fully saturated rings. The Morgan fingerprint density at radius 1 is 1.23 bits per heavy atom. The first kappa shape index (κ1) is 18.4. The summed E-state index contributed by atoms with van der Waals surface area (Å²) in [6, 6.07) is 11.6. The van der Waals surface area contributed by atoms with Crippen molar-refractivity contribution in [2.75, 3.05) is 5.32 Å². The average molecular weight is 388 g/mol. The van der Waals surface area contributed by atoms with Crippen LogP contribution in [0, 0.1) is 12.8 Å². The van der Waals surface area contributed by atoms with Crippen molar-refractivity contribution in [3.05, 3.63) is 62.8 Å². The van der Waals surface area contributed by atoms with Crippen LogP contribution >= 0.6 is 22.9 Å². The van der Waals surface area contributed by atoms with Gasteiger partial charge in [-0.15, -0.1) is 11.3 Å². The molecule has 134 valence electrons. The summed E-state index contributed by atoms with van der Waals surface area (Å²) >= 11 is 7.44. The number of benzene rings is 2. The maximum atomic E-state index is 12.4. The van der Waals surface area contributed by atoms with E-state index in [2.05, 4.69) is 5.32 Å². The zero-order chi connectivity index (χ0) is 18.8. The predicted molar refractivity (Wildman–Crippen MR) is 106 cm³/mol. The van der Waals surface area contributed by atoms with Gasteiger partial charge in [0.2, 0.25) is 5.91 Å². The lowest BCUT2D eigenvalue weighted by molar-refractivity contribution is -0.119. The van der Waals surface area contributed by atoms with Crippen molar-refractivity contribution >= 4 is 51.3 Å². The number of fused-ring (bicyclic) bond motifs is 1. The third kappa shape index (κ3) is 3.74. The van der Waals surface area contributed by atoms with Gasteiger partial charge >= 0.3 is 5.97 Å². The number of nitrogens with one attached hydrogen (secondary N) is 1. The minimum absolute atomic E-state index is 0.140. The zero-order valence-electron chi connectivity index (χ0n) is 14.4. The molecule has 1 aromatic heterocycles. The van der Waals surface area contributed by atoms with Gasteiger partial charge in [-0.2, -0.15) is 0 Å². The first-order valence-electron chi connectivity index (χ1n) is 8.16. The molecule has 1 heterocycles. The number of rotatable bonds is 5. The molecule has 1 amide bonds. The molecular weight excluding hydrogens is 370 g/mol. The molecule has 1 unspecified atom stereocenters. The van der Waals surface area contributed by atoms with E-state index in [0.717, 1.165) is 38.3 Å². The molecule has 6 heteroatoms. The molecular formula is C20H18ClNO3S. The van der Waals surface area contributed by atoms with Gasteiger partial charge in [-0.1, -0.05) is 48.9 Å². The van der Waals surface area contributed by atoms with Gasteiger partial charge in [0.25, 0.3) is 0 Å². The van der Waals surface area contributed by atoms with Crippen LogP contribution in [0.3, 0.4) is 0 Å². The second-order valence-electron chi connectivity index (χ2n) is 6.31. The van der Waals surface area contributed by atoms with Gasteiger partial charge in [-0.25, -0.2) is 4.79 Å². The number of hydrogen-bond donors (Lipinski definition) is 2. The molecule has 0 aliphatic rings. The molecule has 2 N–H and O–H groups in total. The summed E-state index contributed by atoms with van der Waals surface area (Å²) in [6.07, 6.45) is 0.555. The van der Waals surface area contributed by atoms with Crippen molar-refractivity contribution in [3.8, 4) is 0 Å². The van der Waals surface area contributed by atoms with Crippen molar-refractivity contribution in [1.29, 1.82) is 0 Å². The summed E-state index contributed by atoms with van der Waals surface area (Å²) < 4.78 is 0. The fourth-order valence-corrected chi connectivity index (χ4v) is 3.77. The Morgan fingerprint density at radius 3 is 2.73 bits per heavy atom. The Morgan fingerprint density at radius 2 is 2.00 bits per heavy atom. The fourth-order valence-electron chi connectivity index (χ4n) is 2.85. The van der Waals surface area contributed by atoms with E-state index >= 15 is 0 Å². The topological polar surface area (TPSA) is 66.4 Å². The number of carbonyl (C=O) groups excluding carboxylic acids is 1. The minimum Gasteiger partial charge on any atom is -0.477 e. The molecule has 3 rings (SSSR count). The van der Waals surface area contributed by atoms with Crippen LogP contribution in [-0.4, -0.2) is 17.0 Å². The Kier molecular flexibility index (Phi) is 5.30. The zero-order valence-corrected chi connectivity index (χ0v) is 15.9. The molecule has 0 saturated carbocycles. The molecule has 0 saturated heterocycles. The SMILES string of the molecule is Cc1ccc2cc(CC(C)C(=O)Nc3ccsc3C(=O)O)ccc2c1Cl. The molecule has 0 aliphatic heterocycles. The number of carboxylic acid groups (broad SMARTS) is 1. The number of thiophene rings is 1. The van der Waals surface area contributed by atoms with Crippen LogP contribution < -0.4 is 5.32 Å². The van der Waals surface area contributed by atoms with E-state index < -0.39 is 5.97 Å². The number of carboxylic acids is 1. The van der Waals surface area contributed by atoms with Gasteiger partial charge in [-0.05, 0) is 41.3 Å². The number of amides is 1. The van der Waals surface area contributed by atoms with E-state index in [0.29, 0.717) is 12.1 Å². The molecule has 0 bridgehead atoms. The number of aryl methyl sites for hydroxylation is 1. The van der Waals surface area contributed by atoms with Gasteiger partial charge < -0.3 is 10.4 Å². The monoisotopic (exact) mass is 387 g/mol. The Labute approximate surface area is 160 Å².